The molecule has 0 spiro atoms. The standard InChI is InChI=1S/C11H17NO/c1-2-3-4-5-6-11-7-9-12(13)10-8-11/h7-10H,2-6H2,1H3. The Kier molecular flexibility index (Phi) is 4.30. The van der Waals surface area contributed by atoms with Gasteiger partial charge in [-0.3, -0.25) is 0 Å². The van der Waals surface area contributed by atoms with Crippen LogP contribution in [0, 0.1) is 5.21 Å². The molecule has 0 unspecified atom stereocenters. The van der Waals surface area contributed by atoms with Crippen LogP contribution in [-0.4, -0.2) is 0 Å². The highest BCUT2D eigenvalue weighted by Gasteiger charge is 1.94. The molecule has 72 valence electrons. The van der Waals surface area contributed by atoms with E-state index in [4.69, 9.17) is 0 Å². The topological polar surface area (TPSA) is 26.9 Å². The fraction of sp³-hybridized carbons (Fsp3) is 0.545. The predicted molar refractivity (Wildman–Crippen MR) is 53.2 cm³/mol. The largest absolute Gasteiger partial charge is 0.619 e. The van der Waals surface area contributed by atoms with Crippen molar-refractivity contribution < 1.29 is 4.73 Å². The zero-order valence-corrected chi connectivity index (χ0v) is 8.20. The van der Waals surface area contributed by atoms with Crippen molar-refractivity contribution in [2.24, 2.45) is 0 Å². The van der Waals surface area contributed by atoms with Gasteiger partial charge in [-0.1, -0.05) is 26.2 Å². The Bertz CT molecular complexity index is 230. The predicted octanol–water partition coefficient (Wildman–Crippen LogP) is 2.44. The Hall–Kier alpha value is -1.05. The maximum absolute atomic E-state index is 10.7. The lowest BCUT2D eigenvalue weighted by Gasteiger charge is -2.00. The normalized spacial score (nSPS) is 10.2. The molecule has 13 heavy (non-hydrogen) atoms. The molecular formula is C11H17NO. The summed E-state index contributed by atoms with van der Waals surface area (Å²) in [5.74, 6) is 0. The summed E-state index contributed by atoms with van der Waals surface area (Å²) < 4.78 is 0.829. The van der Waals surface area contributed by atoms with Crippen molar-refractivity contribution >= 4 is 0 Å². The molecule has 1 aromatic rings. The van der Waals surface area contributed by atoms with Crippen molar-refractivity contribution in [3.05, 3.63) is 35.3 Å². The van der Waals surface area contributed by atoms with Crippen molar-refractivity contribution in [1.29, 1.82) is 0 Å². The van der Waals surface area contributed by atoms with E-state index in [-0.39, 0.29) is 0 Å². The molecule has 1 heterocycles. The molecule has 0 radical (unpaired) electrons. The first-order valence-corrected chi connectivity index (χ1v) is 5.00. The van der Waals surface area contributed by atoms with E-state index in [1.807, 2.05) is 12.1 Å². The number of unbranched alkanes of at least 4 members (excludes halogenated alkanes) is 3. The lowest BCUT2D eigenvalue weighted by atomic mass is 10.1. The molecule has 1 aromatic heterocycles. The van der Waals surface area contributed by atoms with Gasteiger partial charge in [-0.2, -0.15) is 4.73 Å². The molecule has 2 heteroatoms. The molecule has 0 aliphatic rings. The van der Waals surface area contributed by atoms with Crippen LogP contribution in [0.1, 0.15) is 38.2 Å². The van der Waals surface area contributed by atoms with Gasteiger partial charge < -0.3 is 5.21 Å². The lowest BCUT2D eigenvalue weighted by molar-refractivity contribution is -0.605. The number of aromatic nitrogens is 1. The molecule has 0 amide bonds. The average molecular weight is 179 g/mol. The van der Waals surface area contributed by atoms with Crippen LogP contribution in [0.2, 0.25) is 0 Å². The van der Waals surface area contributed by atoms with Gasteiger partial charge in [-0.25, -0.2) is 0 Å². The number of hydrogen-bond donors (Lipinski definition) is 0. The van der Waals surface area contributed by atoms with Crippen LogP contribution in [0.5, 0.6) is 0 Å². The molecule has 1 rings (SSSR count). The number of aryl methyl sites for hydroxylation is 1. The zero-order valence-electron chi connectivity index (χ0n) is 8.20. The van der Waals surface area contributed by atoms with Gasteiger partial charge in [0, 0.05) is 12.1 Å². The van der Waals surface area contributed by atoms with Crippen molar-refractivity contribution in [2.45, 2.75) is 39.0 Å². The van der Waals surface area contributed by atoms with E-state index in [9.17, 15) is 5.21 Å². The smallest absolute Gasteiger partial charge is 0.180 e. The summed E-state index contributed by atoms with van der Waals surface area (Å²) >= 11 is 0. The summed E-state index contributed by atoms with van der Waals surface area (Å²) in [7, 11) is 0. The van der Waals surface area contributed by atoms with Gasteiger partial charge in [-0.15, -0.1) is 0 Å². The van der Waals surface area contributed by atoms with Crippen molar-refractivity contribution in [2.75, 3.05) is 0 Å². The van der Waals surface area contributed by atoms with E-state index in [1.54, 1.807) is 12.4 Å². The molecule has 0 bridgehead atoms. The zero-order chi connectivity index (χ0) is 9.52. The van der Waals surface area contributed by atoms with E-state index in [0.29, 0.717) is 0 Å². The summed E-state index contributed by atoms with van der Waals surface area (Å²) in [4.78, 5) is 0. The van der Waals surface area contributed by atoms with E-state index < -0.39 is 0 Å². The second kappa shape index (κ2) is 5.57. The number of nitrogens with zero attached hydrogens (tertiary/aromatic N) is 1. The highest BCUT2D eigenvalue weighted by Crippen LogP contribution is 2.05. The molecule has 0 aliphatic heterocycles. The Morgan fingerprint density at radius 2 is 1.85 bits per heavy atom. The highest BCUT2D eigenvalue weighted by atomic mass is 16.5. The fourth-order valence-corrected chi connectivity index (χ4v) is 1.37. The maximum atomic E-state index is 10.7. The second-order valence-electron chi connectivity index (χ2n) is 3.38. The Morgan fingerprint density at radius 3 is 2.46 bits per heavy atom. The summed E-state index contributed by atoms with van der Waals surface area (Å²) in [6.45, 7) is 2.21. The van der Waals surface area contributed by atoms with Gasteiger partial charge >= 0.3 is 0 Å². The lowest BCUT2D eigenvalue weighted by Crippen LogP contribution is -2.23. The third kappa shape index (κ3) is 3.92. The molecule has 0 atom stereocenters. The van der Waals surface area contributed by atoms with E-state index in [2.05, 4.69) is 6.92 Å². The van der Waals surface area contributed by atoms with Gasteiger partial charge in [0.1, 0.15) is 0 Å². The molecule has 0 aliphatic carbocycles. The number of rotatable bonds is 5. The van der Waals surface area contributed by atoms with Gasteiger partial charge in [0.25, 0.3) is 0 Å². The molecule has 2 nitrogen and oxygen atoms in total. The first kappa shape index (κ1) is 10.0. The van der Waals surface area contributed by atoms with Crippen molar-refractivity contribution in [3.63, 3.8) is 0 Å². The average Bonchev–Trinajstić information content (AvgIpc) is 2.15. The van der Waals surface area contributed by atoms with Crippen LogP contribution in [0.25, 0.3) is 0 Å². The fourth-order valence-electron chi connectivity index (χ4n) is 1.37. The summed E-state index contributed by atoms with van der Waals surface area (Å²) in [5.41, 5.74) is 1.27. The van der Waals surface area contributed by atoms with Crippen LogP contribution >= 0.6 is 0 Å². The van der Waals surface area contributed by atoms with E-state index in [1.165, 1.54) is 31.2 Å². The molecule has 0 N–H and O–H groups in total. The molecular weight excluding hydrogens is 162 g/mol. The van der Waals surface area contributed by atoms with Gasteiger partial charge in [0.2, 0.25) is 0 Å². The highest BCUT2D eigenvalue weighted by molar-refractivity contribution is 5.07. The SMILES string of the molecule is CCCCCCc1cc[n+]([O-])cc1. The first-order valence-electron chi connectivity index (χ1n) is 5.00. The van der Waals surface area contributed by atoms with Crippen LogP contribution in [0.3, 0.4) is 0 Å². The Balaban J connectivity index is 2.25. The minimum absolute atomic E-state index is 0.829. The van der Waals surface area contributed by atoms with E-state index >= 15 is 0 Å². The van der Waals surface area contributed by atoms with Crippen molar-refractivity contribution in [1.82, 2.24) is 0 Å². The van der Waals surface area contributed by atoms with Gasteiger partial charge in [-0.05, 0) is 18.4 Å². The molecule has 0 saturated heterocycles. The summed E-state index contributed by atoms with van der Waals surface area (Å²) in [6.07, 6.45) is 9.34. The van der Waals surface area contributed by atoms with Crippen molar-refractivity contribution in [3.8, 4) is 0 Å². The van der Waals surface area contributed by atoms with E-state index in [0.717, 1.165) is 11.2 Å². The molecule has 0 saturated carbocycles. The van der Waals surface area contributed by atoms with Gasteiger partial charge in [0.15, 0.2) is 12.4 Å². The van der Waals surface area contributed by atoms with Crippen LogP contribution in [0.4, 0.5) is 0 Å². The molecule has 0 aromatic carbocycles. The van der Waals surface area contributed by atoms with Crippen LogP contribution in [-0.2, 0) is 6.42 Å². The van der Waals surface area contributed by atoms with Gasteiger partial charge in [0.05, 0.1) is 0 Å². The number of pyridine rings is 1. The minimum atomic E-state index is 0.829. The quantitative estimate of drug-likeness (QED) is 0.387. The maximum Gasteiger partial charge on any atom is 0.180 e. The minimum Gasteiger partial charge on any atom is -0.619 e. The van der Waals surface area contributed by atoms with Crippen LogP contribution < -0.4 is 4.73 Å². The summed E-state index contributed by atoms with van der Waals surface area (Å²) in [6, 6.07) is 3.80. The Labute approximate surface area is 79.8 Å². The summed E-state index contributed by atoms with van der Waals surface area (Å²) in [5, 5.41) is 10.7. The third-order valence-electron chi connectivity index (χ3n) is 2.19. The first-order chi connectivity index (χ1) is 6.33. The Morgan fingerprint density at radius 1 is 1.15 bits per heavy atom. The molecule has 0 fully saturated rings. The second-order valence-corrected chi connectivity index (χ2v) is 3.38. The monoisotopic (exact) mass is 179 g/mol. The third-order valence-corrected chi connectivity index (χ3v) is 2.19. The number of hydrogen-bond acceptors (Lipinski definition) is 1. The van der Waals surface area contributed by atoms with Crippen LogP contribution in [0.15, 0.2) is 24.5 Å².